The normalized spacial score (nSPS) is 12.0. The first kappa shape index (κ1) is 13.7. The van der Waals surface area contributed by atoms with Crippen LogP contribution in [0.3, 0.4) is 0 Å². The molecule has 0 amide bonds. The highest BCUT2D eigenvalue weighted by molar-refractivity contribution is 6.32. The van der Waals surface area contributed by atoms with Gasteiger partial charge in [-0.15, -0.1) is 0 Å². The second-order valence-corrected chi connectivity index (χ2v) is 5.41. The van der Waals surface area contributed by atoms with Crippen molar-refractivity contribution in [2.75, 3.05) is 0 Å². The molecule has 0 radical (unpaired) electrons. The van der Waals surface area contributed by atoms with Gasteiger partial charge in [0.05, 0.1) is 21.9 Å². The maximum Gasteiger partial charge on any atom is 0.0646 e. The lowest BCUT2D eigenvalue weighted by molar-refractivity contribution is 0.317. The molecule has 0 spiro atoms. The van der Waals surface area contributed by atoms with Crippen molar-refractivity contribution in [3.8, 4) is 5.69 Å². The van der Waals surface area contributed by atoms with Crippen molar-refractivity contribution in [3.05, 3.63) is 65.3 Å². The van der Waals surface area contributed by atoms with E-state index in [-0.39, 0.29) is 0 Å². The molecule has 3 nitrogen and oxygen atoms in total. The standard InChI is InChI=1S/C17H15ClN2O/c1-12(19-21)10-13-11-20(16-8-4-2-6-14(13)16)17-9-5-3-7-15(17)18/h2-9,11,21H,10H2,1H3/b19-12+. The number of benzene rings is 2. The van der Waals surface area contributed by atoms with Crippen LogP contribution in [-0.4, -0.2) is 15.5 Å². The fourth-order valence-electron chi connectivity index (χ4n) is 2.55. The molecule has 0 fully saturated rings. The van der Waals surface area contributed by atoms with Crippen LogP contribution in [-0.2, 0) is 6.42 Å². The number of fused-ring (bicyclic) bond motifs is 1. The summed E-state index contributed by atoms with van der Waals surface area (Å²) in [5.41, 5.74) is 3.82. The molecule has 1 heterocycles. The zero-order valence-corrected chi connectivity index (χ0v) is 12.4. The smallest absolute Gasteiger partial charge is 0.0646 e. The van der Waals surface area contributed by atoms with E-state index in [0.717, 1.165) is 22.2 Å². The van der Waals surface area contributed by atoms with Gasteiger partial charge >= 0.3 is 0 Å². The van der Waals surface area contributed by atoms with Gasteiger partial charge in [-0.3, -0.25) is 0 Å². The van der Waals surface area contributed by atoms with Crippen molar-refractivity contribution < 1.29 is 5.21 Å². The summed E-state index contributed by atoms with van der Waals surface area (Å²) in [6.45, 7) is 1.81. The van der Waals surface area contributed by atoms with Crippen LogP contribution in [0.1, 0.15) is 12.5 Å². The lowest BCUT2D eigenvalue weighted by Gasteiger charge is -2.07. The summed E-state index contributed by atoms with van der Waals surface area (Å²) in [5.74, 6) is 0. The third-order valence-corrected chi connectivity index (χ3v) is 3.84. The van der Waals surface area contributed by atoms with E-state index in [0.29, 0.717) is 17.2 Å². The second-order valence-electron chi connectivity index (χ2n) is 5.00. The summed E-state index contributed by atoms with van der Waals surface area (Å²) < 4.78 is 2.08. The average Bonchev–Trinajstić information content (AvgIpc) is 2.86. The summed E-state index contributed by atoms with van der Waals surface area (Å²) in [5, 5.41) is 14.0. The third-order valence-electron chi connectivity index (χ3n) is 3.52. The molecule has 1 N–H and O–H groups in total. The summed E-state index contributed by atoms with van der Waals surface area (Å²) >= 11 is 6.32. The van der Waals surface area contributed by atoms with Crippen LogP contribution in [0.15, 0.2) is 59.9 Å². The highest BCUT2D eigenvalue weighted by Crippen LogP contribution is 2.28. The van der Waals surface area contributed by atoms with Crippen LogP contribution in [0, 0.1) is 0 Å². The molecule has 0 aliphatic rings. The van der Waals surface area contributed by atoms with Crippen molar-refractivity contribution in [3.63, 3.8) is 0 Å². The Labute approximate surface area is 128 Å². The number of rotatable bonds is 3. The molecule has 21 heavy (non-hydrogen) atoms. The van der Waals surface area contributed by atoms with Crippen molar-refractivity contribution >= 4 is 28.2 Å². The Kier molecular flexibility index (Phi) is 3.67. The number of hydrogen-bond acceptors (Lipinski definition) is 2. The molecule has 3 aromatic rings. The minimum atomic E-state index is 0.606. The van der Waals surface area contributed by atoms with Crippen LogP contribution in [0.5, 0.6) is 0 Å². The molecule has 2 aromatic carbocycles. The summed E-state index contributed by atoms with van der Waals surface area (Å²) in [7, 11) is 0. The van der Waals surface area contributed by atoms with Crippen LogP contribution in [0.25, 0.3) is 16.6 Å². The largest absolute Gasteiger partial charge is 0.411 e. The molecular weight excluding hydrogens is 284 g/mol. The van der Waals surface area contributed by atoms with Gasteiger partial charge in [0.1, 0.15) is 0 Å². The molecule has 0 aliphatic heterocycles. The number of halogens is 1. The first-order valence-corrected chi connectivity index (χ1v) is 7.10. The zero-order chi connectivity index (χ0) is 14.8. The number of oxime groups is 1. The molecule has 0 aliphatic carbocycles. The van der Waals surface area contributed by atoms with Crippen LogP contribution < -0.4 is 0 Å². The first-order valence-electron chi connectivity index (χ1n) is 6.72. The van der Waals surface area contributed by atoms with Gasteiger partial charge in [-0.2, -0.15) is 0 Å². The minimum absolute atomic E-state index is 0.606. The van der Waals surface area contributed by atoms with Gasteiger partial charge < -0.3 is 9.77 Å². The van der Waals surface area contributed by atoms with Gasteiger partial charge in [0.25, 0.3) is 0 Å². The van der Waals surface area contributed by atoms with Gasteiger partial charge in [0.2, 0.25) is 0 Å². The third kappa shape index (κ3) is 2.52. The van der Waals surface area contributed by atoms with E-state index in [2.05, 4.69) is 28.1 Å². The van der Waals surface area contributed by atoms with E-state index >= 15 is 0 Å². The maximum atomic E-state index is 8.90. The molecular formula is C17H15ClN2O. The predicted octanol–water partition coefficient (Wildman–Crippen LogP) is 4.68. The Hall–Kier alpha value is -2.26. The molecule has 0 saturated heterocycles. The predicted molar refractivity (Wildman–Crippen MR) is 86.9 cm³/mol. The van der Waals surface area contributed by atoms with Crippen molar-refractivity contribution in [2.45, 2.75) is 13.3 Å². The number of aromatic nitrogens is 1. The Morgan fingerprint density at radius 3 is 2.62 bits per heavy atom. The Morgan fingerprint density at radius 1 is 1.14 bits per heavy atom. The maximum absolute atomic E-state index is 8.90. The van der Waals surface area contributed by atoms with Crippen molar-refractivity contribution in [1.29, 1.82) is 0 Å². The SMILES string of the molecule is C/C(Cc1cn(-c2ccccc2Cl)c2ccccc12)=N\O. The Bertz CT molecular complexity index is 821. The molecule has 0 atom stereocenters. The van der Waals surface area contributed by atoms with Crippen molar-refractivity contribution in [1.82, 2.24) is 4.57 Å². The molecule has 0 bridgehead atoms. The van der Waals surface area contributed by atoms with Gasteiger partial charge in [0, 0.05) is 18.0 Å². The van der Waals surface area contributed by atoms with E-state index in [1.807, 2.05) is 43.3 Å². The molecule has 4 heteroatoms. The molecule has 1 aromatic heterocycles. The summed E-state index contributed by atoms with van der Waals surface area (Å²) in [6.07, 6.45) is 2.66. The van der Waals surface area contributed by atoms with E-state index in [4.69, 9.17) is 16.8 Å². The lowest BCUT2D eigenvalue weighted by atomic mass is 10.1. The molecule has 106 valence electrons. The lowest BCUT2D eigenvalue weighted by Crippen LogP contribution is -1.97. The first-order chi connectivity index (χ1) is 10.2. The van der Waals surface area contributed by atoms with Crippen LogP contribution >= 0.6 is 11.6 Å². The minimum Gasteiger partial charge on any atom is -0.411 e. The monoisotopic (exact) mass is 298 g/mol. The Morgan fingerprint density at radius 2 is 1.86 bits per heavy atom. The topological polar surface area (TPSA) is 37.5 Å². The fraction of sp³-hybridized carbons (Fsp3) is 0.118. The van der Waals surface area contributed by atoms with Crippen LogP contribution in [0.2, 0.25) is 5.02 Å². The second kappa shape index (κ2) is 5.62. The van der Waals surface area contributed by atoms with E-state index in [1.54, 1.807) is 0 Å². The van der Waals surface area contributed by atoms with E-state index in [9.17, 15) is 0 Å². The Balaban J connectivity index is 2.23. The number of hydrogen-bond donors (Lipinski definition) is 1. The number of nitrogens with zero attached hydrogens (tertiary/aromatic N) is 2. The van der Waals surface area contributed by atoms with Gasteiger partial charge in [0.15, 0.2) is 0 Å². The number of para-hydroxylation sites is 2. The molecule has 3 rings (SSSR count). The van der Waals surface area contributed by atoms with E-state index in [1.165, 1.54) is 0 Å². The molecule has 0 saturated carbocycles. The highest BCUT2D eigenvalue weighted by atomic mass is 35.5. The van der Waals surface area contributed by atoms with Crippen LogP contribution in [0.4, 0.5) is 0 Å². The average molecular weight is 299 g/mol. The highest BCUT2D eigenvalue weighted by Gasteiger charge is 2.12. The van der Waals surface area contributed by atoms with Gasteiger partial charge in [-0.25, -0.2) is 0 Å². The quantitative estimate of drug-likeness (QED) is 0.425. The zero-order valence-electron chi connectivity index (χ0n) is 11.6. The summed E-state index contributed by atoms with van der Waals surface area (Å²) in [4.78, 5) is 0. The van der Waals surface area contributed by atoms with E-state index < -0.39 is 0 Å². The summed E-state index contributed by atoms with van der Waals surface area (Å²) in [6, 6.07) is 15.9. The van der Waals surface area contributed by atoms with Gasteiger partial charge in [-0.05, 0) is 30.7 Å². The fourth-order valence-corrected chi connectivity index (χ4v) is 2.78. The molecule has 0 unspecified atom stereocenters. The van der Waals surface area contributed by atoms with Gasteiger partial charge in [-0.1, -0.05) is 47.1 Å². The van der Waals surface area contributed by atoms with Crippen molar-refractivity contribution in [2.24, 2.45) is 5.16 Å².